The van der Waals surface area contributed by atoms with E-state index in [1.165, 1.54) is 25.3 Å². The monoisotopic (exact) mass is 265 g/mol. The van der Waals surface area contributed by atoms with Crippen LogP contribution in [0.15, 0.2) is 18.2 Å². The van der Waals surface area contributed by atoms with Crippen molar-refractivity contribution in [2.24, 2.45) is 0 Å². The number of carbonyl (C=O) groups excluding carboxylic acids is 1. The molecule has 106 valence electrons. The topological polar surface area (TPSA) is 20.3 Å². The van der Waals surface area contributed by atoms with Crippen molar-refractivity contribution in [3.05, 3.63) is 35.1 Å². The van der Waals surface area contributed by atoms with E-state index in [-0.39, 0.29) is 11.6 Å². The van der Waals surface area contributed by atoms with Crippen LogP contribution < -0.4 is 0 Å². The number of Topliss-reactive ketones (excluding diaryl/α,β-unsaturated/α-hetero) is 1. The molecule has 1 aromatic carbocycles. The summed E-state index contributed by atoms with van der Waals surface area (Å²) in [6.07, 6.45) is 4.04. The Hall–Kier alpha value is -1.22. The van der Waals surface area contributed by atoms with E-state index in [4.69, 9.17) is 0 Å². The second-order valence-corrected chi connectivity index (χ2v) is 5.15. The van der Waals surface area contributed by atoms with Crippen LogP contribution in [0.25, 0.3) is 0 Å². The third kappa shape index (κ3) is 5.52. The molecule has 0 amide bonds. The average molecular weight is 265 g/mol. The number of unbranched alkanes of at least 4 members (excludes halogenated alkanes) is 2. The molecule has 0 saturated carbocycles. The van der Waals surface area contributed by atoms with Crippen LogP contribution in [-0.2, 0) is 0 Å². The zero-order valence-corrected chi connectivity index (χ0v) is 12.2. The summed E-state index contributed by atoms with van der Waals surface area (Å²) in [4.78, 5) is 14.1. The molecule has 0 atom stereocenters. The van der Waals surface area contributed by atoms with Gasteiger partial charge in [-0.15, -0.1) is 0 Å². The first-order chi connectivity index (χ1) is 9.04. The number of rotatable bonds is 8. The number of hydrogen-bond acceptors (Lipinski definition) is 2. The summed E-state index contributed by atoms with van der Waals surface area (Å²) in [6.45, 7) is 5.63. The largest absolute Gasteiger partial charge is 0.306 e. The molecular formula is C16H24FNO. The van der Waals surface area contributed by atoms with Crippen molar-refractivity contribution in [2.75, 3.05) is 20.1 Å². The van der Waals surface area contributed by atoms with Crippen molar-refractivity contribution in [3.63, 3.8) is 0 Å². The molecule has 19 heavy (non-hydrogen) atoms. The van der Waals surface area contributed by atoms with Gasteiger partial charge in [-0.1, -0.05) is 31.9 Å². The summed E-state index contributed by atoms with van der Waals surface area (Å²) < 4.78 is 13.4. The fourth-order valence-electron chi connectivity index (χ4n) is 1.95. The lowest BCUT2D eigenvalue weighted by Gasteiger charge is -2.15. The van der Waals surface area contributed by atoms with Crippen LogP contribution in [0, 0.1) is 12.7 Å². The molecule has 0 aromatic heterocycles. The average Bonchev–Trinajstić information content (AvgIpc) is 2.39. The fourth-order valence-corrected chi connectivity index (χ4v) is 1.95. The van der Waals surface area contributed by atoms with Crippen molar-refractivity contribution in [1.29, 1.82) is 0 Å². The number of halogens is 1. The van der Waals surface area contributed by atoms with Gasteiger partial charge in [0.1, 0.15) is 5.82 Å². The molecule has 1 aromatic rings. The van der Waals surface area contributed by atoms with Crippen molar-refractivity contribution in [3.8, 4) is 0 Å². The summed E-state index contributed by atoms with van der Waals surface area (Å²) >= 11 is 0. The molecule has 0 aliphatic carbocycles. The van der Waals surface area contributed by atoms with Gasteiger partial charge >= 0.3 is 0 Å². The van der Waals surface area contributed by atoms with Crippen LogP contribution in [0.1, 0.15) is 48.5 Å². The lowest BCUT2D eigenvalue weighted by molar-refractivity contribution is 0.0968. The molecule has 0 saturated heterocycles. The van der Waals surface area contributed by atoms with Gasteiger partial charge < -0.3 is 4.90 Å². The second-order valence-electron chi connectivity index (χ2n) is 5.15. The van der Waals surface area contributed by atoms with Crippen molar-refractivity contribution >= 4 is 5.78 Å². The molecule has 2 nitrogen and oxygen atoms in total. The van der Waals surface area contributed by atoms with Crippen molar-refractivity contribution in [2.45, 2.75) is 39.5 Å². The summed E-state index contributed by atoms with van der Waals surface area (Å²) in [5.74, 6) is -0.289. The Bertz CT molecular complexity index is 417. The number of aryl methyl sites for hydroxylation is 1. The van der Waals surface area contributed by atoms with Gasteiger partial charge in [0.25, 0.3) is 0 Å². The van der Waals surface area contributed by atoms with E-state index < -0.39 is 0 Å². The van der Waals surface area contributed by atoms with E-state index in [1.807, 2.05) is 7.05 Å². The third-order valence-electron chi connectivity index (χ3n) is 3.36. The molecule has 0 radical (unpaired) electrons. The Morgan fingerprint density at radius 1 is 1.26 bits per heavy atom. The van der Waals surface area contributed by atoms with Crippen LogP contribution in [0.4, 0.5) is 4.39 Å². The third-order valence-corrected chi connectivity index (χ3v) is 3.36. The highest BCUT2D eigenvalue weighted by Gasteiger charge is 2.09. The van der Waals surface area contributed by atoms with Gasteiger partial charge in [-0.3, -0.25) is 4.79 Å². The summed E-state index contributed by atoms with van der Waals surface area (Å²) in [7, 11) is 2.03. The maximum atomic E-state index is 13.4. The maximum Gasteiger partial charge on any atom is 0.164 e. The normalized spacial score (nSPS) is 11.0. The zero-order chi connectivity index (χ0) is 14.3. The highest BCUT2D eigenvalue weighted by atomic mass is 19.1. The second kappa shape index (κ2) is 8.05. The van der Waals surface area contributed by atoms with Gasteiger partial charge in [-0.05, 0) is 38.6 Å². The Morgan fingerprint density at radius 3 is 2.63 bits per heavy atom. The number of nitrogens with zero attached hydrogens (tertiary/aromatic N) is 1. The molecule has 0 aliphatic rings. The highest BCUT2D eigenvalue weighted by Crippen LogP contribution is 2.11. The van der Waals surface area contributed by atoms with Crippen LogP contribution in [0.3, 0.4) is 0 Å². The Labute approximate surface area is 115 Å². The molecule has 0 unspecified atom stereocenters. The molecule has 3 heteroatoms. The SMILES string of the molecule is CCCCCN(C)CCC(=O)c1ccc(C)c(F)c1. The molecule has 0 heterocycles. The molecule has 0 fully saturated rings. The summed E-state index contributed by atoms with van der Waals surface area (Å²) in [5.41, 5.74) is 1.05. The van der Waals surface area contributed by atoms with Crippen LogP contribution >= 0.6 is 0 Å². The van der Waals surface area contributed by atoms with Gasteiger partial charge in [0.05, 0.1) is 0 Å². The maximum absolute atomic E-state index is 13.4. The number of hydrogen-bond donors (Lipinski definition) is 0. The minimum Gasteiger partial charge on any atom is -0.306 e. The van der Waals surface area contributed by atoms with E-state index in [9.17, 15) is 9.18 Å². The Balaban J connectivity index is 2.40. The first kappa shape index (κ1) is 15.8. The lowest BCUT2D eigenvalue weighted by atomic mass is 10.1. The van der Waals surface area contributed by atoms with Gasteiger partial charge in [-0.25, -0.2) is 4.39 Å². The molecule has 1 rings (SSSR count). The lowest BCUT2D eigenvalue weighted by Crippen LogP contribution is -2.23. The fraction of sp³-hybridized carbons (Fsp3) is 0.562. The van der Waals surface area contributed by atoms with Crippen LogP contribution in [-0.4, -0.2) is 30.8 Å². The highest BCUT2D eigenvalue weighted by molar-refractivity contribution is 5.96. The van der Waals surface area contributed by atoms with E-state index in [1.54, 1.807) is 19.1 Å². The molecule has 0 aliphatic heterocycles. The number of carbonyl (C=O) groups is 1. The van der Waals surface area contributed by atoms with Crippen LogP contribution in [0.2, 0.25) is 0 Å². The smallest absolute Gasteiger partial charge is 0.164 e. The molecule has 0 N–H and O–H groups in total. The van der Waals surface area contributed by atoms with Gasteiger partial charge in [-0.2, -0.15) is 0 Å². The standard InChI is InChI=1S/C16H24FNO/c1-4-5-6-10-18(3)11-9-16(19)14-8-7-13(2)15(17)12-14/h7-8,12H,4-6,9-11H2,1-3H3. The Kier molecular flexibility index (Phi) is 6.71. The van der Waals surface area contributed by atoms with E-state index in [0.29, 0.717) is 17.5 Å². The van der Waals surface area contributed by atoms with E-state index >= 15 is 0 Å². The molecule has 0 bridgehead atoms. The van der Waals surface area contributed by atoms with Gasteiger partial charge in [0, 0.05) is 18.5 Å². The molecule has 0 spiro atoms. The quantitative estimate of drug-likeness (QED) is 0.526. The number of ketones is 1. The van der Waals surface area contributed by atoms with Crippen molar-refractivity contribution < 1.29 is 9.18 Å². The van der Waals surface area contributed by atoms with E-state index in [0.717, 1.165) is 13.1 Å². The summed E-state index contributed by atoms with van der Waals surface area (Å²) in [6, 6.07) is 4.71. The molecular weight excluding hydrogens is 241 g/mol. The first-order valence-corrected chi connectivity index (χ1v) is 7.02. The van der Waals surface area contributed by atoms with E-state index in [2.05, 4.69) is 11.8 Å². The zero-order valence-electron chi connectivity index (χ0n) is 12.2. The first-order valence-electron chi connectivity index (χ1n) is 7.02. The summed E-state index contributed by atoms with van der Waals surface area (Å²) in [5, 5.41) is 0. The Morgan fingerprint density at radius 2 is 2.00 bits per heavy atom. The minimum atomic E-state index is -0.304. The number of benzene rings is 1. The van der Waals surface area contributed by atoms with Crippen LogP contribution in [0.5, 0.6) is 0 Å². The van der Waals surface area contributed by atoms with Crippen molar-refractivity contribution in [1.82, 2.24) is 4.90 Å². The minimum absolute atomic E-state index is 0.0150. The van der Waals surface area contributed by atoms with Gasteiger partial charge in [0.2, 0.25) is 0 Å². The predicted octanol–water partition coefficient (Wildman–Crippen LogP) is 3.83. The predicted molar refractivity (Wildman–Crippen MR) is 77.1 cm³/mol. The van der Waals surface area contributed by atoms with Gasteiger partial charge in [0.15, 0.2) is 5.78 Å².